The van der Waals surface area contributed by atoms with E-state index in [-0.39, 0.29) is 22.7 Å². The summed E-state index contributed by atoms with van der Waals surface area (Å²) in [6.45, 7) is 0. The highest BCUT2D eigenvalue weighted by Crippen LogP contribution is 2.31. The van der Waals surface area contributed by atoms with E-state index in [1.54, 1.807) is 30.3 Å². The lowest BCUT2D eigenvalue weighted by Gasteiger charge is -2.15. The van der Waals surface area contributed by atoms with Crippen LogP contribution >= 0.6 is 11.6 Å². The first-order chi connectivity index (χ1) is 15.0. The number of aromatic amines is 1. The Hall–Kier alpha value is -3.64. The van der Waals surface area contributed by atoms with Crippen LogP contribution in [-0.4, -0.2) is 15.5 Å². The Morgan fingerprint density at radius 3 is 2.68 bits per heavy atom. The quantitative estimate of drug-likeness (QED) is 0.518. The topological polar surface area (TPSA) is 84.0 Å². The molecule has 1 atom stereocenters. The highest BCUT2D eigenvalue weighted by Gasteiger charge is 2.24. The number of nitrogens with one attached hydrogen (secondary N) is 2. The minimum atomic E-state index is -0.618. The third-order valence-corrected chi connectivity index (χ3v) is 6.01. The second kappa shape index (κ2) is 7.56. The zero-order valence-electron chi connectivity index (χ0n) is 16.4. The smallest absolute Gasteiger partial charge is 0.333 e. The van der Waals surface area contributed by atoms with Gasteiger partial charge in [0.05, 0.1) is 27.7 Å². The summed E-state index contributed by atoms with van der Waals surface area (Å²) in [7, 11) is 0. The fraction of sp³-hybridized carbons (Fsp3) is 0.125. The molecule has 2 N–H and O–H groups in total. The van der Waals surface area contributed by atoms with Gasteiger partial charge in [0.1, 0.15) is 0 Å². The van der Waals surface area contributed by atoms with E-state index in [1.807, 2.05) is 18.2 Å². The molecule has 6 nitrogen and oxygen atoms in total. The van der Waals surface area contributed by atoms with Gasteiger partial charge in [-0.3, -0.25) is 9.59 Å². The third-order valence-electron chi connectivity index (χ3n) is 5.69. The number of H-pyrrole nitrogens is 1. The number of aromatic nitrogens is 2. The predicted octanol–water partition coefficient (Wildman–Crippen LogP) is 3.75. The summed E-state index contributed by atoms with van der Waals surface area (Å²) >= 11 is 6.32. The van der Waals surface area contributed by atoms with Crippen LogP contribution in [0.2, 0.25) is 5.02 Å². The van der Waals surface area contributed by atoms with Crippen molar-refractivity contribution in [3.8, 4) is 5.69 Å². The molecule has 154 valence electrons. The molecule has 5 rings (SSSR count). The number of carbonyl (C=O) groups is 1. The molecule has 1 aromatic heterocycles. The summed E-state index contributed by atoms with van der Waals surface area (Å²) in [5, 5.41) is 3.61. The molecule has 1 aliphatic rings. The number of carbonyl (C=O) groups excluding carboxylic acids is 1. The van der Waals surface area contributed by atoms with Crippen LogP contribution in [0.1, 0.15) is 33.9 Å². The van der Waals surface area contributed by atoms with E-state index in [0.29, 0.717) is 16.5 Å². The van der Waals surface area contributed by atoms with Crippen molar-refractivity contribution in [2.75, 3.05) is 0 Å². The monoisotopic (exact) mass is 431 g/mol. The van der Waals surface area contributed by atoms with Gasteiger partial charge in [-0.25, -0.2) is 9.36 Å². The number of nitrogens with zero attached hydrogens (tertiary/aromatic N) is 1. The maximum absolute atomic E-state index is 13.0. The molecule has 4 aromatic rings. The molecular formula is C24H18ClN3O3. The Morgan fingerprint density at radius 1 is 1.03 bits per heavy atom. The lowest BCUT2D eigenvalue weighted by molar-refractivity contribution is 0.0936. The summed E-state index contributed by atoms with van der Waals surface area (Å²) in [6.07, 6.45) is 1.74. The van der Waals surface area contributed by atoms with Crippen molar-refractivity contribution in [1.82, 2.24) is 14.9 Å². The van der Waals surface area contributed by atoms with E-state index in [4.69, 9.17) is 11.6 Å². The first-order valence-corrected chi connectivity index (χ1v) is 10.3. The minimum absolute atomic E-state index is 0.0744. The van der Waals surface area contributed by atoms with Crippen LogP contribution in [0.15, 0.2) is 76.3 Å². The standard InChI is InChI=1S/C24H18ClN3O3/c25-18-11-9-15(22(29)26-20-12-10-14-5-1-2-6-16(14)20)13-21(18)28-23(30)17-7-3-4-8-19(17)27-24(28)31/h1-9,11,13,20H,10,12H2,(H,26,29)(H,27,31). The van der Waals surface area contributed by atoms with Crippen molar-refractivity contribution >= 4 is 28.4 Å². The van der Waals surface area contributed by atoms with Crippen LogP contribution < -0.4 is 16.6 Å². The highest BCUT2D eigenvalue weighted by molar-refractivity contribution is 6.32. The number of amides is 1. The zero-order valence-corrected chi connectivity index (χ0v) is 17.1. The van der Waals surface area contributed by atoms with Crippen LogP contribution in [0.25, 0.3) is 16.6 Å². The second-order valence-electron chi connectivity index (χ2n) is 7.55. The number of para-hydroxylation sites is 1. The molecule has 1 amide bonds. The van der Waals surface area contributed by atoms with Gasteiger partial charge in [0, 0.05) is 5.56 Å². The molecule has 1 unspecified atom stereocenters. The van der Waals surface area contributed by atoms with Gasteiger partial charge in [0.2, 0.25) is 0 Å². The van der Waals surface area contributed by atoms with Crippen molar-refractivity contribution in [2.24, 2.45) is 0 Å². The minimum Gasteiger partial charge on any atom is -0.345 e. The largest absolute Gasteiger partial charge is 0.345 e. The van der Waals surface area contributed by atoms with E-state index < -0.39 is 11.2 Å². The molecule has 0 fully saturated rings. The van der Waals surface area contributed by atoms with Crippen LogP contribution in [0.5, 0.6) is 0 Å². The van der Waals surface area contributed by atoms with Gasteiger partial charge in [0.15, 0.2) is 0 Å². The van der Waals surface area contributed by atoms with Crippen molar-refractivity contribution in [3.63, 3.8) is 0 Å². The number of hydrogen-bond donors (Lipinski definition) is 2. The van der Waals surface area contributed by atoms with Gasteiger partial charge < -0.3 is 10.3 Å². The zero-order chi connectivity index (χ0) is 21.5. The molecule has 0 aliphatic heterocycles. The number of hydrogen-bond acceptors (Lipinski definition) is 3. The number of halogens is 1. The molecule has 7 heteroatoms. The van der Waals surface area contributed by atoms with Crippen molar-refractivity contribution in [2.45, 2.75) is 18.9 Å². The van der Waals surface area contributed by atoms with Gasteiger partial charge in [-0.15, -0.1) is 0 Å². The Balaban J connectivity index is 1.54. The summed E-state index contributed by atoms with van der Waals surface area (Å²) in [4.78, 5) is 41.3. The van der Waals surface area contributed by atoms with Crippen molar-refractivity contribution in [3.05, 3.63) is 109 Å². The molecule has 1 aliphatic carbocycles. The predicted molar refractivity (Wildman–Crippen MR) is 120 cm³/mol. The van der Waals surface area contributed by atoms with Crippen LogP contribution in [0.3, 0.4) is 0 Å². The Morgan fingerprint density at radius 2 is 1.81 bits per heavy atom. The summed E-state index contributed by atoms with van der Waals surface area (Å²) in [5.41, 5.74) is 2.17. The van der Waals surface area contributed by atoms with E-state index in [0.717, 1.165) is 23.0 Å². The van der Waals surface area contributed by atoms with Gasteiger partial charge in [-0.05, 0) is 54.3 Å². The lowest BCUT2D eigenvalue weighted by Crippen LogP contribution is -2.34. The van der Waals surface area contributed by atoms with E-state index >= 15 is 0 Å². The van der Waals surface area contributed by atoms with Gasteiger partial charge in [-0.1, -0.05) is 48.0 Å². The van der Waals surface area contributed by atoms with Crippen LogP contribution in [-0.2, 0) is 6.42 Å². The van der Waals surface area contributed by atoms with Crippen LogP contribution in [0.4, 0.5) is 0 Å². The lowest BCUT2D eigenvalue weighted by atomic mass is 10.1. The molecule has 3 aromatic carbocycles. The second-order valence-corrected chi connectivity index (χ2v) is 7.95. The molecule has 0 radical (unpaired) electrons. The molecule has 31 heavy (non-hydrogen) atoms. The average Bonchev–Trinajstić information content (AvgIpc) is 3.18. The fourth-order valence-corrected chi connectivity index (χ4v) is 4.36. The molecule has 1 heterocycles. The maximum atomic E-state index is 13.0. The number of aryl methyl sites for hydroxylation is 1. The van der Waals surface area contributed by atoms with Crippen LogP contribution in [0, 0.1) is 0 Å². The van der Waals surface area contributed by atoms with E-state index in [9.17, 15) is 14.4 Å². The molecule has 0 spiro atoms. The molecule has 0 saturated carbocycles. The molecule has 0 bridgehead atoms. The Labute approximate surface area is 182 Å². The third kappa shape index (κ3) is 3.35. The molecular weight excluding hydrogens is 414 g/mol. The van der Waals surface area contributed by atoms with E-state index in [1.165, 1.54) is 17.7 Å². The number of fused-ring (bicyclic) bond motifs is 2. The number of rotatable bonds is 3. The van der Waals surface area contributed by atoms with Crippen molar-refractivity contribution in [1.29, 1.82) is 0 Å². The SMILES string of the molecule is O=C(NC1CCc2ccccc21)c1ccc(Cl)c(-n2c(=O)[nH]c3ccccc3c2=O)c1. The highest BCUT2D eigenvalue weighted by atomic mass is 35.5. The van der Waals surface area contributed by atoms with Crippen molar-refractivity contribution < 1.29 is 4.79 Å². The Bertz CT molecular complexity index is 1450. The normalized spacial score (nSPS) is 15.1. The fourth-order valence-electron chi connectivity index (χ4n) is 4.16. The Kier molecular flexibility index (Phi) is 4.71. The van der Waals surface area contributed by atoms with Gasteiger partial charge in [0.25, 0.3) is 11.5 Å². The maximum Gasteiger partial charge on any atom is 0.333 e. The van der Waals surface area contributed by atoms with E-state index in [2.05, 4.69) is 16.4 Å². The molecule has 0 saturated heterocycles. The summed E-state index contributed by atoms with van der Waals surface area (Å²) < 4.78 is 0.965. The number of benzene rings is 3. The first kappa shape index (κ1) is 19.3. The summed E-state index contributed by atoms with van der Waals surface area (Å²) in [5.74, 6) is -0.287. The first-order valence-electron chi connectivity index (χ1n) is 9.95. The average molecular weight is 432 g/mol. The summed E-state index contributed by atoms with van der Waals surface area (Å²) in [6, 6.07) is 19.3. The van der Waals surface area contributed by atoms with Gasteiger partial charge >= 0.3 is 5.69 Å². The van der Waals surface area contributed by atoms with Gasteiger partial charge in [-0.2, -0.15) is 0 Å².